The lowest BCUT2D eigenvalue weighted by molar-refractivity contribution is 0.476. The number of rotatable bonds is 8. The fourth-order valence-electron chi connectivity index (χ4n) is 2.74. The third-order valence-corrected chi connectivity index (χ3v) is 4.90. The Morgan fingerprint density at radius 2 is 2.07 bits per heavy atom. The second-order valence-corrected chi connectivity index (χ2v) is 7.15. The minimum absolute atomic E-state index is 0. The molecule has 0 saturated heterocycles. The maximum Gasteiger partial charge on any atom is 0.216 e. The summed E-state index contributed by atoms with van der Waals surface area (Å²) >= 11 is 1.75. The van der Waals surface area contributed by atoms with Crippen LogP contribution in [0.4, 0.5) is 0 Å². The number of aromatic nitrogens is 3. The molecule has 0 unspecified atom stereocenters. The van der Waals surface area contributed by atoms with Crippen LogP contribution in [0.15, 0.2) is 57.0 Å². The molecule has 0 spiro atoms. The molecule has 0 saturated carbocycles. The summed E-state index contributed by atoms with van der Waals surface area (Å²) in [6, 6.07) is 12.3. The molecule has 29 heavy (non-hydrogen) atoms. The number of hydrogen-bond acceptors (Lipinski definition) is 5. The molecule has 156 valence electrons. The van der Waals surface area contributed by atoms with Gasteiger partial charge in [0, 0.05) is 38.0 Å². The summed E-state index contributed by atoms with van der Waals surface area (Å²) in [6.07, 6.45) is 4.38. The summed E-state index contributed by atoms with van der Waals surface area (Å²) in [5.74, 6) is 2.90. The Labute approximate surface area is 192 Å². The van der Waals surface area contributed by atoms with E-state index in [2.05, 4.69) is 62.8 Å². The molecular formula is C20H27IN6OS. The molecule has 0 fully saturated rings. The zero-order chi connectivity index (χ0) is 19.8. The largest absolute Gasteiger partial charge is 0.461 e. The van der Waals surface area contributed by atoms with E-state index in [4.69, 9.17) is 9.41 Å². The highest BCUT2D eigenvalue weighted by molar-refractivity contribution is 14.0. The van der Waals surface area contributed by atoms with Crippen LogP contribution in [-0.4, -0.2) is 52.4 Å². The van der Waals surface area contributed by atoms with Crippen LogP contribution in [0.25, 0.3) is 11.6 Å². The number of benzene rings is 1. The summed E-state index contributed by atoms with van der Waals surface area (Å²) in [4.78, 5) is 12.6. The number of furan rings is 1. The smallest absolute Gasteiger partial charge is 0.216 e. The highest BCUT2D eigenvalue weighted by Gasteiger charge is 2.09. The third-order valence-electron chi connectivity index (χ3n) is 4.16. The fraction of sp³-hybridized carbons (Fsp3) is 0.350. The van der Waals surface area contributed by atoms with Gasteiger partial charge >= 0.3 is 0 Å². The lowest BCUT2D eigenvalue weighted by atomic mass is 10.2. The van der Waals surface area contributed by atoms with Gasteiger partial charge in [-0.15, -0.1) is 35.7 Å². The maximum absolute atomic E-state index is 5.32. The Morgan fingerprint density at radius 3 is 2.72 bits per heavy atom. The molecule has 0 radical (unpaired) electrons. The average Bonchev–Trinajstić information content (AvgIpc) is 3.39. The fourth-order valence-corrected chi connectivity index (χ4v) is 3.15. The topological polar surface area (TPSA) is 82.3 Å². The second kappa shape index (κ2) is 11.9. The standard InChI is InChI=1S/C20H26N6OS.HI/c1-4-21-20(26(2)14-15-7-9-16(28-3)10-8-15)22-12-11-18-23-19(25-24-18)17-6-5-13-27-17;/h5-10,13H,4,11-12,14H2,1-3H3,(H,21,22)(H,23,24,25);1H. The molecule has 3 aromatic rings. The van der Waals surface area contributed by atoms with E-state index < -0.39 is 0 Å². The van der Waals surface area contributed by atoms with Crippen LogP contribution in [0.1, 0.15) is 18.3 Å². The summed E-state index contributed by atoms with van der Waals surface area (Å²) in [5.41, 5.74) is 1.25. The number of aliphatic imine (C=N–C) groups is 1. The van der Waals surface area contributed by atoms with Gasteiger partial charge < -0.3 is 14.6 Å². The van der Waals surface area contributed by atoms with Crippen molar-refractivity contribution in [1.82, 2.24) is 25.4 Å². The van der Waals surface area contributed by atoms with Crippen molar-refractivity contribution in [2.24, 2.45) is 4.99 Å². The molecule has 0 amide bonds. The summed E-state index contributed by atoms with van der Waals surface area (Å²) in [6.45, 7) is 4.30. The van der Waals surface area contributed by atoms with E-state index >= 15 is 0 Å². The molecule has 2 N–H and O–H groups in total. The summed E-state index contributed by atoms with van der Waals surface area (Å²) < 4.78 is 5.32. The first-order chi connectivity index (χ1) is 13.7. The normalized spacial score (nSPS) is 11.2. The van der Waals surface area contributed by atoms with Gasteiger partial charge in [0.15, 0.2) is 11.7 Å². The van der Waals surface area contributed by atoms with E-state index in [0.717, 1.165) is 24.9 Å². The van der Waals surface area contributed by atoms with Crippen molar-refractivity contribution in [2.75, 3.05) is 26.4 Å². The number of nitrogens with zero attached hydrogens (tertiary/aromatic N) is 4. The third kappa shape index (κ3) is 6.77. The molecule has 0 bridgehead atoms. The molecule has 0 aliphatic heterocycles. The van der Waals surface area contributed by atoms with Gasteiger partial charge in [0.1, 0.15) is 5.82 Å². The number of hydrogen-bond donors (Lipinski definition) is 2. The van der Waals surface area contributed by atoms with Gasteiger partial charge in [0.05, 0.1) is 6.26 Å². The van der Waals surface area contributed by atoms with Crippen molar-refractivity contribution in [3.05, 3.63) is 54.0 Å². The number of guanidine groups is 1. The zero-order valence-electron chi connectivity index (χ0n) is 16.9. The van der Waals surface area contributed by atoms with Crippen molar-refractivity contribution < 1.29 is 4.42 Å². The van der Waals surface area contributed by atoms with Crippen molar-refractivity contribution in [3.8, 4) is 11.6 Å². The van der Waals surface area contributed by atoms with E-state index in [0.29, 0.717) is 24.6 Å². The molecule has 0 aliphatic rings. The van der Waals surface area contributed by atoms with Gasteiger partial charge in [-0.2, -0.15) is 5.10 Å². The maximum atomic E-state index is 5.32. The zero-order valence-corrected chi connectivity index (χ0v) is 20.0. The Morgan fingerprint density at radius 1 is 1.28 bits per heavy atom. The van der Waals surface area contributed by atoms with Gasteiger partial charge in [0.2, 0.25) is 5.82 Å². The molecule has 0 atom stereocenters. The Balaban J connectivity index is 0.00000300. The van der Waals surface area contributed by atoms with Crippen LogP contribution < -0.4 is 5.32 Å². The molecule has 2 aromatic heterocycles. The van der Waals surface area contributed by atoms with Crippen LogP contribution in [0, 0.1) is 0 Å². The van der Waals surface area contributed by atoms with Gasteiger partial charge in [0.25, 0.3) is 0 Å². The van der Waals surface area contributed by atoms with Crippen LogP contribution in [0.5, 0.6) is 0 Å². The van der Waals surface area contributed by atoms with Crippen molar-refractivity contribution in [2.45, 2.75) is 24.8 Å². The van der Waals surface area contributed by atoms with Crippen molar-refractivity contribution in [1.29, 1.82) is 0 Å². The van der Waals surface area contributed by atoms with Crippen LogP contribution in [-0.2, 0) is 13.0 Å². The highest BCUT2D eigenvalue weighted by atomic mass is 127. The van der Waals surface area contributed by atoms with Crippen LogP contribution >= 0.6 is 35.7 Å². The lowest BCUT2D eigenvalue weighted by Gasteiger charge is -2.22. The Bertz CT molecular complexity index is 879. The van der Waals surface area contributed by atoms with Gasteiger partial charge in [-0.3, -0.25) is 10.1 Å². The molecule has 7 nitrogen and oxygen atoms in total. The van der Waals surface area contributed by atoms with E-state index in [-0.39, 0.29) is 24.0 Å². The van der Waals surface area contributed by atoms with Crippen LogP contribution in [0.2, 0.25) is 0 Å². The van der Waals surface area contributed by atoms with Crippen LogP contribution in [0.3, 0.4) is 0 Å². The molecule has 9 heteroatoms. The SMILES string of the molecule is CCNC(=NCCc1nc(-c2ccco2)n[nH]1)N(C)Cc1ccc(SC)cc1.I. The van der Waals surface area contributed by atoms with E-state index in [9.17, 15) is 0 Å². The van der Waals surface area contributed by atoms with E-state index in [1.165, 1.54) is 10.5 Å². The van der Waals surface area contributed by atoms with Gasteiger partial charge in [-0.05, 0) is 43.0 Å². The molecule has 0 aliphatic carbocycles. The number of nitrogens with one attached hydrogen (secondary N) is 2. The first-order valence-electron chi connectivity index (χ1n) is 9.27. The monoisotopic (exact) mass is 526 g/mol. The molecular weight excluding hydrogens is 499 g/mol. The summed E-state index contributed by atoms with van der Waals surface area (Å²) in [7, 11) is 2.05. The number of thioether (sulfide) groups is 1. The van der Waals surface area contributed by atoms with E-state index in [1.54, 1.807) is 18.0 Å². The second-order valence-electron chi connectivity index (χ2n) is 6.27. The Kier molecular flexibility index (Phi) is 9.52. The quantitative estimate of drug-likeness (QED) is 0.200. The predicted octanol–water partition coefficient (Wildman–Crippen LogP) is 4.04. The van der Waals surface area contributed by atoms with Crippen molar-refractivity contribution >= 4 is 41.7 Å². The summed E-state index contributed by atoms with van der Waals surface area (Å²) in [5, 5.41) is 10.5. The van der Waals surface area contributed by atoms with Gasteiger partial charge in [-0.25, -0.2) is 4.98 Å². The van der Waals surface area contributed by atoms with Crippen molar-refractivity contribution in [3.63, 3.8) is 0 Å². The minimum Gasteiger partial charge on any atom is -0.461 e. The average molecular weight is 526 g/mol. The number of halogens is 1. The first kappa shape index (κ1) is 23.3. The predicted molar refractivity (Wildman–Crippen MR) is 129 cm³/mol. The van der Waals surface area contributed by atoms with Gasteiger partial charge in [-0.1, -0.05) is 12.1 Å². The lowest BCUT2D eigenvalue weighted by Crippen LogP contribution is -2.38. The highest BCUT2D eigenvalue weighted by Crippen LogP contribution is 2.16. The number of H-pyrrole nitrogens is 1. The molecule has 2 heterocycles. The van der Waals surface area contributed by atoms with E-state index in [1.807, 2.05) is 19.2 Å². The minimum atomic E-state index is 0. The first-order valence-corrected chi connectivity index (χ1v) is 10.5. The molecule has 1 aromatic carbocycles. The number of aromatic amines is 1. The Hall–Kier alpha value is -2.01. The molecule has 3 rings (SSSR count).